The van der Waals surface area contributed by atoms with E-state index in [0.29, 0.717) is 18.2 Å². The summed E-state index contributed by atoms with van der Waals surface area (Å²) in [5.41, 5.74) is 4.85. The van der Waals surface area contributed by atoms with Crippen LogP contribution in [-0.4, -0.2) is 42.2 Å². The third kappa shape index (κ3) is 5.84. The Morgan fingerprint density at radius 1 is 1.03 bits per heavy atom. The van der Waals surface area contributed by atoms with E-state index in [2.05, 4.69) is 15.2 Å². The van der Waals surface area contributed by atoms with Crippen LogP contribution < -0.4 is 10.2 Å². The van der Waals surface area contributed by atoms with E-state index in [9.17, 15) is 4.79 Å². The summed E-state index contributed by atoms with van der Waals surface area (Å²) in [6, 6.07) is 18.0. The predicted molar refractivity (Wildman–Crippen MR) is 124 cm³/mol. The number of nitrogens with zero attached hydrogens (tertiary/aromatic N) is 2. The van der Waals surface area contributed by atoms with Gasteiger partial charge in [-0.1, -0.05) is 30.3 Å². The molecule has 2 aromatic carbocycles. The van der Waals surface area contributed by atoms with Crippen LogP contribution in [0.15, 0.2) is 54.6 Å². The number of carbonyl (C=O) groups is 1. The molecule has 0 fully saturated rings. The van der Waals surface area contributed by atoms with Crippen molar-refractivity contribution in [2.24, 2.45) is 0 Å². The number of nitrogens with one attached hydrogen (secondary N) is 1. The van der Waals surface area contributed by atoms with E-state index in [-0.39, 0.29) is 12.3 Å². The third-order valence-corrected chi connectivity index (χ3v) is 5.07. The van der Waals surface area contributed by atoms with Crippen molar-refractivity contribution < 1.29 is 4.79 Å². The first-order valence-electron chi connectivity index (χ1n) is 9.68. The van der Waals surface area contributed by atoms with Crippen molar-refractivity contribution in [3.8, 4) is 0 Å². The number of rotatable bonds is 10. The summed E-state index contributed by atoms with van der Waals surface area (Å²) in [6.07, 6.45) is 0.389. The number of ketones is 1. The fraction of sp³-hybridized carbons (Fsp3) is 0.304. The SMILES string of the molecule is Cc1cc(NCC(=O)Cc2ccc(N(CCCl)CCCl)cc2)c2ccccc2n1. The van der Waals surface area contributed by atoms with E-state index >= 15 is 0 Å². The monoisotopic (exact) mass is 429 g/mol. The molecular weight excluding hydrogens is 405 g/mol. The Kier molecular flexibility index (Phi) is 7.73. The lowest BCUT2D eigenvalue weighted by molar-refractivity contribution is -0.116. The lowest BCUT2D eigenvalue weighted by atomic mass is 10.1. The minimum absolute atomic E-state index is 0.134. The van der Waals surface area contributed by atoms with Crippen LogP contribution in [0.2, 0.25) is 0 Å². The normalized spacial score (nSPS) is 10.9. The quantitative estimate of drug-likeness (QED) is 0.457. The van der Waals surface area contributed by atoms with Crippen molar-refractivity contribution in [2.45, 2.75) is 13.3 Å². The molecule has 0 saturated heterocycles. The van der Waals surface area contributed by atoms with E-state index in [0.717, 1.165) is 46.6 Å². The van der Waals surface area contributed by atoms with Gasteiger partial charge in [-0.2, -0.15) is 0 Å². The fourth-order valence-electron chi connectivity index (χ4n) is 3.34. The molecule has 1 N–H and O–H groups in total. The minimum Gasteiger partial charge on any atom is -0.377 e. The molecule has 1 heterocycles. The number of para-hydroxylation sites is 1. The Morgan fingerprint density at radius 3 is 2.41 bits per heavy atom. The summed E-state index contributed by atoms with van der Waals surface area (Å²) in [7, 11) is 0. The maximum atomic E-state index is 12.5. The average molecular weight is 430 g/mol. The number of anilines is 2. The van der Waals surface area contributed by atoms with Crippen molar-refractivity contribution in [3.05, 3.63) is 65.9 Å². The van der Waals surface area contributed by atoms with Gasteiger partial charge in [0.05, 0.1) is 12.1 Å². The van der Waals surface area contributed by atoms with Crippen LogP contribution in [0.1, 0.15) is 11.3 Å². The number of pyridine rings is 1. The Morgan fingerprint density at radius 2 is 1.72 bits per heavy atom. The van der Waals surface area contributed by atoms with Crippen LogP contribution in [0, 0.1) is 6.92 Å². The highest BCUT2D eigenvalue weighted by molar-refractivity contribution is 6.18. The maximum Gasteiger partial charge on any atom is 0.156 e. The minimum atomic E-state index is 0.134. The zero-order valence-corrected chi connectivity index (χ0v) is 18.0. The van der Waals surface area contributed by atoms with Crippen LogP contribution in [0.4, 0.5) is 11.4 Å². The van der Waals surface area contributed by atoms with Crippen molar-refractivity contribution in [1.82, 2.24) is 4.98 Å². The summed E-state index contributed by atoms with van der Waals surface area (Å²) in [6.45, 7) is 3.73. The Bertz CT molecular complexity index is 954. The van der Waals surface area contributed by atoms with Gasteiger partial charge in [0.1, 0.15) is 0 Å². The molecule has 0 aliphatic rings. The van der Waals surface area contributed by atoms with Crippen molar-refractivity contribution in [2.75, 3.05) is 41.6 Å². The van der Waals surface area contributed by atoms with E-state index in [1.165, 1.54) is 0 Å². The lowest BCUT2D eigenvalue weighted by Crippen LogP contribution is -2.27. The van der Waals surface area contributed by atoms with Crippen LogP contribution in [0.5, 0.6) is 0 Å². The number of hydrogen-bond acceptors (Lipinski definition) is 4. The molecule has 0 atom stereocenters. The second kappa shape index (κ2) is 10.5. The molecule has 4 nitrogen and oxygen atoms in total. The number of benzene rings is 2. The smallest absolute Gasteiger partial charge is 0.156 e. The number of Topliss-reactive ketones (excluding diaryl/α,β-unsaturated/α-hetero) is 1. The second-order valence-electron chi connectivity index (χ2n) is 6.93. The number of aromatic nitrogens is 1. The lowest BCUT2D eigenvalue weighted by Gasteiger charge is -2.23. The Balaban J connectivity index is 1.61. The van der Waals surface area contributed by atoms with Gasteiger partial charge in [-0.25, -0.2) is 0 Å². The standard InChI is InChI=1S/C23H25Cl2N3O/c1-17-14-23(21-4-2-3-5-22(21)27-17)26-16-20(29)15-18-6-8-19(9-7-18)28(12-10-24)13-11-25/h2-9,14H,10-13,15-16H2,1H3,(H,26,27). The fourth-order valence-corrected chi connectivity index (χ4v) is 3.74. The first-order valence-corrected chi connectivity index (χ1v) is 10.8. The van der Waals surface area contributed by atoms with E-state index < -0.39 is 0 Å². The molecule has 1 aromatic heterocycles. The molecule has 0 radical (unpaired) electrons. The van der Waals surface area contributed by atoms with Gasteiger partial charge < -0.3 is 10.2 Å². The van der Waals surface area contributed by atoms with Gasteiger partial charge >= 0.3 is 0 Å². The van der Waals surface area contributed by atoms with Gasteiger partial charge in [0.25, 0.3) is 0 Å². The number of fused-ring (bicyclic) bond motifs is 1. The van der Waals surface area contributed by atoms with Crippen LogP contribution in [0.25, 0.3) is 10.9 Å². The van der Waals surface area contributed by atoms with Gasteiger partial charge in [-0.15, -0.1) is 23.2 Å². The average Bonchev–Trinajstić information content (AvgIpc) is 2.72. The molecular formula is C23H25Cl2N3O. The number of halogens is 2. The highest BCUT2D eigenvalue weighted by atomic mass is 35.5. The topological polar surface area (TPSA) is 45.2 Å². The van der Waals surface area contributed by atoms with E-state index in [1.807, 2.05) is 61.5 Å². The zero-order chi connectivity index (χ0) is 20.6. The van der Waals surface area contributed by atoms with E-state index in [4.69, 9.17) is 23.2 Å². The highest BCUT2D eigenvalue weighted by Crippen LogP contribution is 2.23. The number of hydrogen-bond donors (Lipinski definition) is 1. The van der Waals surface area contributed by atoms with Crippen LogP contribution in [0.3, 0.4) is 0 Å². The molecule has 3 aromatic rings. The molecule has 0 aliphatic heterocycles. The predicted octanol–water partition coefficient (Wildman–Crippen LogP) is 5.05. The molecule has 0 spiro atoms. The number of carbonyl (C=O) groups excluding carboxylic acids is 1. The molecule has 29 heavy (non-hydrogen) atoms. The van der Waals surface area contributed by atoms with Gasteiger partial charge in [-0.3, -0.25) is 9.78 Å². The summed E-state index contributed by atoms with van der Waals surface area (Å²) in [5.74, 6) is 1.23. The van der Waals surface area contributed by atoms with Crippen molar-refractivity contribution in [3.63, 3.8) is 0 Å². The van der Waals surface area contributed by atoms with Gasteiger partial charge in [0.15, 0.2) is 5.78 Å². The summed E-state index contributed by atoms with van der Waals surface area (Å²) in [4.78, 5) is 19.2. The highest BCUT2D eigenvalue weighted by Gasteiger charge is 2.09. The largest absolute Gasteiger partial charge is 0.377 e. The van der Waals surface area contributed by atoms with Crippen LogP contribution >= 0.6 is 23.2 Å². The molecule has 0 unspecified atom stereocenters. The third-order valence-electron chi connectivity index (χ3n) is 4.73. The van der Waals surface area contributed by atoms with Crippen LogP contribution in [-0.2, 0) is 11.2 Å². The second-order valence-corrected chi connectivity index (χ2v) is 7.68. The molecule has 6 heteroatoms. The summed E-state index contributed by atoms with van der Waals surface area (Å²) in [5, 5.41) is 4.31. The molecule has 152 valence electrons. The first kappa shape index (κ1) is 21.4. The summed E-state index contributed by atoms with van der Waals surface area (Å²) >= 11 is 11.7. The van der Waals surface area contributed by atoms with Crippen molar-refractivity contribution >= 4 is 51.3 Å². The first-order chi connectivity index (χ1) is 14.1. The molecule has 0 bridgehead atoms. The summed E-state index contributed by atoms with van der Waals surface area (Å²) < 4.78 is 0. The zero-order valence-electron chi connectivity index (χ0n) is 16.5. The maximum absolute atomic E-state index is 12.5. The molecule has 0 aliphatic carbocycles. The Hall–Kier alpha value is -2.30. The molecule has 3 rings (SSSR count). The van der Waals surface area contributed by atoms with Gasteiger partial charge in [-0.05, 0) is 36.8 Å². The van der Waals surface area contributed by atoms with E-state index in [1.54, 1.807) is 0 Å². The van der Waals surface area contributed by atoms with Crippen molar-refractivity contribution in [1.29, 1.82) is 0 Å². The number of alkyl halides is 2. The van der Waals surface area contributed by atoms with Gasteiger partial charge in [0.2, 0.25) is 0 Å². The Labute approximate surface area is 181 Å². The molecule has 0 amide bonds. The van der Waals surface area contributed by atoms with Gasteiger partial charge in [0, 0.05) is 53.7 Å². The number of aryl methyl sites for hydroxylation is 1. The molecule has 0 saturated carbocycles.